The van der Waals surface area contributed by atoms with Gasteiger partial charge < -0.3 is 9.47 Å². The second-order valence-corrected chi connectivity index (χ2v) is 2.81. The van der Waals surface area contributed by atoms with Gasteiger partial charge in [-0.15, -0.1) is 13.2 Å². The second kappa shape index (κ2) is 4.97. The Morgan fingerprint density at radius 1 is 0.650 bits per heavy atom. The van der Waals surface area contributed by atoms with Crippen molar-refractivity contribution in [3.05, 3.63) is 0 Å². The first-order valence-corrected chi connectivity index (χ1v) is 3.86. The zero-order chi connectivity index (χ0) is 16.6. The molecule has 0 aromatic rings. The Hall–Kier alpha value is -1.76. The Morgan fingerprint density at radius 2 is 1.00 bits per heavy atom. The molecule has 0 radical (unpaired) electrons. The molecule has 0 heterocycles. The molecule has 0 aliphatic carbocycles. The van der Waals surface area contributed by atoms with Gasteiger partial charge >= 0.3 is 36.5 Å². The average Bonchev–Trinajstić information content (AvgIpc) is 2.11. The number of hydrogen-bond donors (Lipinski definition) is 0. The fraction of sp³-hybridized carbons (Fsp3) is 0.667. The Kier molecular flexibility index (Phi) is 4.53. The van der Waals surface area contributed by atoms with E-state index in [4.69, 9.17) is 0 Å². The summed E-state index contributed by atoms with van der Waals surface area (Å²) < 4.78 is 122. The number of carbonyl (C=O) groups is 2. The fourth-order valence-corrected chi connectivity index (χ4v) is 0.534. The molecule has 0 N–H and O–H groups in total. The van der Waals surface area contributed by atoms with Crippen LogP contribution in [0.2, 0.25) is 0 Å². The van der Waals surface area contributed by atoms with Crippen molar-refractivity contribution < 1.29 is 63.0 Å². The Balaban J connectivity index is 5.03. The minimum Gasteiger partial charge on any atom is -0.387 e. The van der Waals surface area contributed by atoms with Crippen LogP contribution >= 0.6 is 0 Å². The lowest BCUT2D eigenvalue weighted by Gasteiger charge is -2.26. The molecule has 0 amide bonds. The van der Waals surface area contributed by atoms with E-state index < -0.39 is 36.5 Å². The number of halogens is 10. The van der Waals surface area contributed by atoms with Crippen molar-refractivity contribution in [2.24, 2.45) is 0 Å². The first-order valence-electron chi connectivity index (χ1n) is 3.86. The molecule has 0 rings (SSSR count). The van der Waals surface area contributed by atoms with Crippen LogP contribution < -0.4 is 0 Å². The Morgan fingerprint density at radius 3 is 1.30 bits per heavy atom. The van der Waals surface area contributed by atoms with Crippen molar-refractivity contribution in [2.75, 3.05) is 0 Å². The summed E-state index contributed by atoms with van der Waals surface area (Å²) in [5, 5.41) is 0. The minimum atomic E-state index is -6.94. The molecule has 0 atom stereocenters. The fourth-order valence-electron chi connectivity index (χ4n) is 0.534. The van der Waals surface area contributed by atoms with Crippen molar-refractivity contribution in [1.29, 1.82) is 0 Å². The summed E-state index contributed by atoms with van der Waals surface area (Å²) in [4.78, 5) is 20.4. The highest BCUT2D eigenvalue weighted by atomic mass is 19.4. The van der Waals surface area contributed by atoms with Crippen LogP contribution in [0.5, 0.6) is 0 Å². The summed E-state index contributed by atoms with van der Waals surface area (Å²) in [5.74, 6) is -13.6. The van der Waals surface area contributed by atoms with Gasteiger partial charge in [-0.05, 0) is 0 Å². The second-order valence-electron chi connectivity index (χ2n) is 2.81. The molecule has 0 fully saturated rings. The lowest BCUT2D eigenvalue weighted by atomic mass is 10.3. The van der Waals surface area contributed by atoms with Gasteiger partial charge in [0.2, 0.25) is 0 Å². The maximum atomic E-state index is 12.3. The van der Waals surface area contributed by atoms with Crippen molar-refractivity contribution in [3.63, 3.8) is 0 Å². The molecule has 0 spiro atoms. The molecule has 0 aliphatic heterocycles. The third-order valence-electron chi connectivity index (χ3n) is 1.32. The summed E-state index contributed by atoms with van der Waals surface area (Å²) in [6, 6.07) is 0. The zero-order valence-corrected chi connectivity index (χ0v) is 8.41. The van der Waals surface area contributed by atoms with E-state index in [0.717, 1.165) is 0 Å². The standard InChI is InChI=1S/C6F10O4/c7-3(8,4(9,10)11)5(12,13)19-1(17)2(18)20-6(14,15)16. The quantitative estimate of drug-likeness (QED) is 0.444. The highest BCUT2D eigenvalue weighted by Gasteiger charge is 2.76. The maximum absolute atomic E-state index is 12.3. The number of hydrogen-bond acceptors (Lipinski definition) is 4. The molecule has 0 aliphatic rings. The van der Waals surface area contributed by atoms with E-state index in [0.29, 0.717) is 0 Å². The van der Waals surface area contributed by atoms with Gasteiger partial charge in [0.15, 0.2) is 0 Å². The van der Waals surface area contributed by atoms with Crippen LogP contribution in [0.25, 0.3) is 0 Å². The molecular weight excluding hydrogens is 326 g/mol. The Bertz CT molecular complexity index is 394. The normalized spacial score (nSPS) is 13.9. The summed E-state index contributed by atoms with van der Waals surface area (Å²) in [5.41, 5.74) is 0. The zero-order valence-electron chi connectivity index (χ0n) is 8.41. The van der Waals surface area contributed by atoms with E-state index in [9.17, 15) is 53.5 Å². The topological polar surface area (TPSA) is 52.6 Å². The number of rotatable bonds is 2. The van der Waals surface area contributed by atoms with Crippen molar-refractivity contribution in [1.82, 2.24) is 0 Å². The lowest BCUT2D eigenvalue weighted by molar-refractivity contribution is -0.412. The van der Waals surface area contributed by atoms with Crippen LogP contribution in [-0.4, -0.2) is 36.5 Å². The van der Waals surface area contributed by atoms with Crippen LogP contribution in [0.4, 0.5) is 43.9 Å². The number of esters is 2. The third kappa shape index (κ3) is 4.12. The van der Waals surface area contributed by atoms with Crippen molar-refractivity contribution >= 4 is 11.9 Å². The molecule has 0 bridgehead atoms. The minimum absolute atomic E-state index is 2.12. The van der Waals surface area contributed by atoms with Crippen LogP contribution in [0.3, 0.4) is 0 Å². The largest absolute Gasteiger partial charge is 0.575 e. The van der Waals surface area contributed by atoms with E-state index in [1.165, 1.54) is 0 Å². The number of alkyl halides is 10. The molecular formula is C6F10O4. The maximum Gasteiger partial charge on any atom is 0.575 e. The first-order chi connectivity index (χ1) is 8.51. The predicted octanol–water partition coefficient (Wildman–Crippen LogP) is 2.38. The van der Waals surface area contributed by atoms with Crippen molar-refractivity contribution in [3.8, 4) is 0 Å². The summed E-state index contributed by atoms with van der Waals surface area (Å²) in [7, 11) is 0. The molecule has 0 saturated heterocycles. The average molecular weight is 326 g/mol. The van der Waals surface area contributed by atoms with Gasteiger partial charge in [-0.25, -0.2) is 9.59 Å². The van der Waals surface area contributed by atoms with Crippen LogP contribution in [0.1, 0.15) is 0 Å². The highest BCUT2D eigenvalue weighted by Crippen LogP contribution is 2.47. The van der Waals surface area contributed by atoms with E-state index in [1.54, 1.807) is 0 Å². The third-order valence-corrected chi connectivity index (χ3v) is 1.32. The van der Waals surface area contributed by atoms with Gasteiger partial charge in [-0.2, -0.15) is 30.7 Å². The van der Waals surface area contributed by atoms with Gasteiger partial charge in [0, 0.05) is 0 Å². The monoisotopic (exact) mass is 326 g/mol. The summed E-state index contributed by atoms with van der Waals surface area (Å²) in [6.07, 6.45) is -19.4. The molecule has 14 heteroatoms. The van der Waals surface area contributed by atoms with E-state index in [-0.39, 0.29) is 0 Å². The number of carbonyl (C=O) groups excluding carboxylic acids is 2. The van der Waals surface area contributed by atoms with Crippen LogP contribution in [-0.2, 0) is 19.1 Å². The van der Waals surface area contributed by atoms with E-state index in [1.807, 2.05) is 0 Å². The Labute approximate surface area is 101 Å². The van der Waals surface area contributed by atoms with Crippen LogP contribution in [0, 0.1) is 0 Å². The summed E-state index contributed by atoms with van der Waals surface area (Å²) in [6.45, 7) is 0. The SMILES string of the molecule is O=C(OC(F)(F)F)C(=O)OC(F)(F)C(F)(F)C(F)(F)F. The first kappa shape index (κ1) is 18.2. The molecule has 0 saturated carbocycles. The molecule has 0 aromatic carbocycles. The molecule has 0 aromatic heterocycles. The molecule has 118 valence electrons. The van der Waals surface area contributed by atoms with Crippen LogP contribution in [0.15, 0.2) is 0 Å². The summed E-state index contributed by atoms with van der Waals surface area (Å²) >= 11 is 0. The van der Waals surface area contributed by atoms with Gasteiger partial charge in [0.05, 0.1) is 0 Å². The van der Waals surface area contributed by atoms with Gasteiger partial charge in [0.1, 0.15) is 0 Å². The van der Waals surface area contributed by atoms with E-state index in [2.05, 4.69) is 9.47 Å². The lowest BCUT2D eigenvalue weighted by Crippen LogP contribution is -2.54. The van der Waals surface area contributed by atoms with E-state index >= 15 is 0 Å². The van der Waals surface area contributed by atoms with Crippen molar-refractivity contribution in [2.45, 2.75) is 24.6 Å². The highest BCUT2D eigenvalue weighted by molar-refractivity contribution is 6.29. The molecule has 20 heavy (non-hydrogen) atoms. The predicted molar refractivity (Wildman–Crippen MR) is 34.2 cm³/mol. The van der Waals surface area contributed by atoms with Gasteiger partial charge in [-0.3, -0.25) is 0 Å². The molecule has 0 unspecified atom stereocenters. The van der Waals surface area contributed by atoms with Gasteiger partial charge in [0.25, 0.3) is 0 Å². The smallest absolute Gasteiger partial charge is 0.387 e. The number of ether oxygens (including phenoxy) is 2. The molecule has 4 nitrogen and oxygen atoms in total. The van der Waals surface area contributed by atoms with Gasteiger partial charge in [-0.1, -0.05) is 0 Å².